The quantitative estimate of drug-likeness (QED) is 0.828. The van der Waals surface area contributed by atoms with Gasteiger partial charge in [0, 0.05) is 20.6 Å². The molecule has 19 heavy (non-hydrogen) atoms. The van der Waals surface area contributed by atoms with E-state index in [1.165, 1.54) is 5.57 Å². The van der Waals surface area contributed by atoms with Crippen LogP contribution < -0.4 is 10.2 Å². The zero-order valence-electron chi connectivity index (χ0n) is 12.5. The number of aromatic nitrogens is 1. The summed E-state index contributed by atoms with van der Waals surface area (Å²) in [6, 6.07) is 0. The van der Waals surface area contributed by atoms with Crippen LogP contribution in [-0.2, 0) is 0 Å². The van der Waals surface area contributed by atoms with Gasteiger partial charge in [-0.3, -0.25) is 0 Å². The van der Waals surface area contributed by atoms with Crippen molar-refractivity contribution in [3.8, 4) is 0 Å². The molecule has 5 heteroatoms. The Morgan fingerprint density at radius 2 is 2.16 bits per heavy atom. The minimum atomic E-state index is 0.600. The number of halogens is 1. The van der Waals surface area contributed by atoms with Gasteiger partial charge < -0.3 is 10.2 Å². The molecule has 0 spiro atoms. The van der Waals surface area contributed by atoms with Crippen molar-refractivity contribution in [1.82, 2.24) is 10.3 Å². The van der Waals surface area contributed by atoms with Gasteiger partial charge in [-0.25, -0.2) is 4.98 Å². The molecular formula is C14H24ClN3S. The summed E-state index contributed by atoms with van der Waals surface area (Å²) >= 11 is 7.81. The summed E-state index contributed by atoms with van der Waals surface area (Å²) in [7, 11) is 3.96. The molecule has 0 fully saturated rings. The summed E-state index contributed by atoms with van der Waals surface area (Å²) in [5.74, 6) is 0.672. The van der Waals surface area contributed by atoms with Crippen LogP contribution in [0, 0.1) is 5.92 Å². The molecule has 1 rings (SSSR count). The van der Waals surface area contributed by atoms with Crippen molar-refractivity contribution in [3.05, 3.63) is 15.6 Å². The zero-order chi connectivity index (χ0) is 14.4. The summed E-state index contributed by atoms with van der Waals surface area (Å²) in [5, 5.41) is 5.01. The normalized spacial score (nSPS) is 12.3. The largest absolute Gasteiger partial charge is 0.354 e. The van der Waals surface area contributed by atoms with Gasteiger partial charge in [0.05, 0.1) is 4.88 Å². The van der Waals surface area contributed by atoms with Crippen LogP contribution >= 0.6 is 22.9 Å². The van der Waals surface area contributed by atoms with Crippen LogP contribution in [0.5, 0.6) is 0 Å². The Bertz CT molecular complexity index is 424. The van der Waals surface area contributed by atoms with Gasteiger partial charge in [-0.1, -0.05) is 49.3 Å². The van der Waals surface area contributed by atoms with Crippen LogP contribution in [0.15, 0.2) is 5.57 Å². The van der Waals surface area contributed by atoms with Crippen molar-refractivity contribution in [3.63, 3.8) is 0 Å². The summed E-state index contributed by atoms with van der Waals surface area (Å²) < 4.78 is 0. The molecule has 1 heterocycles. The Morgan fingerprint density at radius 1 is 1.47 bits per heavy atom. The predicted octanol–water partition coefficient (Wildman–Crippen LogP) is 3.90. The van der Waals surface area contributed by atoms with E-state index in [0.717, 1.165) is 29.5 Å². The molecular weight excluding hydrogens is 278 g/mol. The lowest BCUT2D eigenvalue weighted by molar-refractivity contribution is 0.569. The summed E-state index contributed by atoms with van der Waals surface area (Å²) in [4.78, 5) is 7.38. The third-order valence-corrected chi connectivity index (χ3v) is 4.25. The van der Waals surface area contributed by atoms with E-state index in [-0.39, 0.29) is 0 Å². The average Bonchev–Trinajstić information content (AvgIpc) is 2.69. The number of hydrogen-bond acceptors (Lipinski definition) is 4. The molecule has 0 unspecified atom stereocenters. The number of thiazole rings is 1. The van der Waals surface area contributed by atoms with E-state index in [4.69, 9.17) is 11.6 Å². The molecule has 1 aromatic rings. The average molecular weight is 302 g/mol. The Kier molecular flexibility index (Phi) is 6.83. The summed E-state index contributed by atoms with van der Waals surface area (Å²) in [5.41, 5.74) is 1.36. The van der Waals surface area contributed by atoms with Gasteiger partial charge in [0.2, 0.25) is 0 Å². The monoisotopic (exact) mass is 301 g/mol. The fourth-order valence-corrected chi connectivity index (χ4v) is 2.74. The molecule has 0 aliphatic rings. The Hall–Kier alpha value is -0.580. The molecule has 0 amide bonds. The van der Waals surface area contributed by atoms with E-state index in [9.17, 15) is 0 Å². The molecule has 0 saturated carbocycles. The number of rotatable bonds is 7. The highest BCUT2D eigenvalue weighted by atomic mass is 35.5. The van der Waals surface area contributed by atoms with Crippen molar-refractivity contribution in [2.24, 2.45) is 5.92 Å². The number of nitrogens with zero attached hydrogens (tertiary/aromatic N) is 2. The maximum atomic E-state index is 6.18. The molecule has 0 bridgehead atoms. The molecule has 0 saturated heterocycles. The molecule has 3 nitrogen and oxygen atoms in total. The highest BCUT2D eigenvalue weighted by Crippen LogP contribution is 2.30. The molecule has 0 aliphatic carbocycles. The van der Waals surface area contributed by atoms with E-state index in [2.05, 4.69) is 37.1 Å². The second-order valence-electron chi connectivity index (χ2n) is 5.23. The third kappa shape index (κ3) is 5.51. The molecule has 0 atom stereocenters. The SMILES string of the molecule is CCC(=Cc1sc(N(C)C)nc1Cl)CNCC(C)C. The van der Waals surface area contributed by atoms with Crippen LogP contribution in [0.2, 0.25) is 5.15 Å². The molecule has 1 N–H and O–H groups in total. The predicted molar refractivity (Wildman–Crippen MR) is 87.4 cm³/mol. The maximum absolute atomic E-state index is 6.18. The van der Waals surface area contributed by atoms with E-state index in [1.54, 1.807) is 11.3 Å². The van der Waals surface area contributed by atoms with Crippen LogP contribution in [-0.4, -0.2) is 32.2 Å². The smallest absolute Gasteiger partial charge is 0.186 e. The lowest BCUT2D eigenvalue weighted by Crippen LogP contribution is -2.21. The van der Waals surface area contributed by atoms with Gasteiger partial charge in [-0.15, -0.1) is 0 Å². The number of hydrogen-bond donors (Lipinski definition) is 1. The Labute approximate surface area is 125 Å². The standard InChI is InChI=1S/C14H24ClN3S/c1-6-11(9-16-8-10(2)3)7-12-13(15)17-14(19-12)18(4)5/h7,10,16H,6,8-9H2,1-5H3. The molecule has 108 valence electrons. The maximum Gasteiger partial charge on any atom is 0.186 e. The minimum Gasteiger partial charge on any atom is -0.354 e. The molecule has 0 aromatic carbocycles. The van der Waals surface area contributed by atoms with Crippen LogP contribution in [0.4, 0.5) is 5.13 Å². The van der Waals surface area contributed by atoms with Crippen LogP contribution in [0.3, 0.4) is 0 Å². The fourth-order valence-electron chi connectivity index (χ4n) is 1.57. The first kappa shape index (κ1) is 16.5. The second kappa shape index (κ2) is 7.88. The van der Waals surface area contributed by atoms with Crippen LogP contribution in [0.1, 0.15) is 32.1 Å². The number of anilines is 1. The van der Waals surface area contributed by atoms with Gasteiger partial charge in [-0.05, 0) is 25.0 Å². The zero-order valence-corrected chi connectivity index (χ0v) is 14.0. The molecule has 0 radical (unpaired) electrons. The van der Waals surface area contributed by atoms with Gasteiger partial charge >= 0.3 is 0 Å². The van der Waals surface area contributed by atoms with Crippen LogP contribution in [0.25, 0.3) is 6.08 Å². The van der Waals surface area contributed by atoms with E-state index in [1.807, 2.05) is 19.0 Å². The van der Waals surface area contributed by atoms with Gasteiger partial charge in [0.15, 0.2) is 5.13 Å². The first-order valence-electron chi connectivity index (χ1n) is 6.67. The lowest BCUT2D eigenvalue weighted by Gasteiger charge is -2.09. The van der Waals surface area contributed by atoms with Crippen molar-refractivity contribution in [2.75, 3.05) is 32.1 Å². The van der Waals surface area contributed by atoms with Gasteiger partial charge in [0.1, 0.15) is 5.15 Å². The third-order valence-electron chi connectivity index (χ3n) is 2.67. The first-order chi connectivity index (χ1) is 8.93. The highest BCUT2D eigenvalue weighted by Gasteiger charge is 2.09. The van der Waals surface area contributed by atoms with Crippen molar-refractivity contribution in [2.45, 2.75) is 27.2 Å². The second-order valence-corrected chi connectivity index (χ2v) is 6.59. The van der Waals surface area contributed by atoms with E-state index < -0.39 is 0 Å². The van der Waals surface area contributed by atoms with E-state index >= 15 is 0 Å². The molecule has 1 aromatic heterocycles. The Balaban J connectivity index is 2.74. The highest BCUT2D eigenvalue weighted by molar-refractivity contribution is 7.17. The summed E-state index contributed by atoms with van der Waals surface area (Å²) in [6.07, 6.45) is 3.19. The fraction of sp³-hybridized carbons (Fsp3) is 0.643. The van der Waals surface area contributed by atoms with E-state index in [0.29, 0.717) is 11.1 Å². The van der Waals surface area contributed by atoms with Gasteiger partial charge in [0.25, 0.3) is 0 Å². The van der Waals surface area contributed by atoms with Gasteiger partial charge in [-0.2, -0.15) is 0 Å². The molecule has 0 aliphatic heterocycles. The number of nitrogens with one attached hydrogen (secondary N) is 1. The van der Waals surface area contributed by atoms with Crippen molar-refractivity contribution >= 4 is 34.1 Å². The topological polar surface area (TPSA) is 28.2 Å². The van der Waals surface area contributed by atoms with Crippen molar-refractivity contribution < 1.29 is 0 Å². The lowest BCUT2D eigenvalue weighted by atomic mass is 10.1. The minimum absolute atomic E-state index is 0.600. The summed E-state index contributed by atoms with van der Waals surface area (Å²) in [6.45, 7) is 8.55. The van der Waals surface area contributed by atoms with Crippen molar-refractivity contribution in [1.29, 1.82) is 0 Å². The Morgan fingerprint density at radius 3 is 2.63 bits per heavy atom. The first-order valence-corrected chi connectivity index (χ1v) is 7.87.